The number of fused-ring (bicyclic) bond motifs is 1. The number of nitrogens with zero attached hydrogens (tertiary/aromatic N) is 2. The minimum Gasteiger partial charge on any atom is -0.477 e. The second-order valence-corrected chi connectivity index (χ2v) is 8.55. The molecule has 2 N–H and O–H groups in total. The minimum atomic E-state index is -1.27. The Morgan fingerprint density at radius 2 is 2.14 bits per heavy atom. The van der Waals surface area contributed by atoms with E-state index in [9.17, 15) is 24.3 Å². The van der Waals surface area contributed by atoms with Gasteiger partial charge in [0.15, 0.2) is 0 Å². The van der Waals surface area contributed by atoms with Crippen LogP contribution in [0.3, 0.4) is 0 Å². The average Bonchev–Trinajstić information content (AvgIpc) is 3.15. The SMILES string of the molecule is CN(C)C(=O)OCC1=C(C(=O)O)N2C(=O)C(NC(=O)Cc3cccs3)[C@@H]2SC1. The molecule has 28 heavy (non-hydrogen) atoms. The summed E-state index contributed by atoms with van der Waals surface area (Å²) in [5.74, 6) is -1.75. The summed E-state index contributed by atoms with van der Waals surface area (Å²) < 4.78 is 5.06. The van der Waals surface area contributed by atoms with Crippen molar-refractivity contribution in [3.8, 4) is 0 Å². The zero-order valence-electron chi connectivity index (χ0n) is 15.2. The average molecular weight is 425 g/mol. The minimum absolute atomic E-state index is 0.173. The Morgan fingerprint density at radius 1 is 1.39 bits per heavy atom. The van der Waals surface area contributed by atoms with Crippen molar-refractivity contribution in [2.24, 2.45) is 0 Å². The summed E-state index contributed by atoms with van der Waals surface area (Å²) >= 11 is 2.78. The normalized spacial score (nSPS) is 20.9. The predicted octanol–water partition coefficient (Wildman–Crippen LogP) is 0.727. The lowest BCUT2D eigenvalue weighted by atomic mass is 10.0. The van der Waals surface area contributed by atoms with Crippen LogP contribution in [0.25, 0.3) is 0 Å². The highest BCUT2D eigenvalue weighted by molar-refractivity contribution is 8.00. The third kappa shape index (κ3) is 3.99. The molecule has 0 radical (unpaired) electrons. The number of thiophene rings is 1. The molecule has 0 saturated carbocycles. The van der Waals surface area contributed by atoms with Gasteiger partial charge in [-0.25, -0.2) is 9.59 Å². The number of nitrogens with one attached hydrogen (secondary N) is 1. The van der Waals surface area contributed by atoms with Gasteiger partial charge in [0.1, 0.15) is 23.7 Å². The van der Waals surface area contributed by atoms with Gasteiger partial charge in [0.05, 0.1) is 6.42 Å². The Morgan fingerprint density at radius 3 is 2.75 bits per heavy atom. The van der Waals surface area contributed by atoms with E-state index in [4.69, 9.17) is 4.74 Å². The summed E-state index contributed by atoms with van der Waals surface area (Å²) in [5.41, 5.74) is 0.171. The number of carboxylic acid groups (broad SMARTS) is 1. The molecule has 1 unspecified atom stereocenters. The topological polar surface area (TPSA) is 116 Å². The number of hydrogen-bond acceptors (Lipinski definition) is 7. The first-order chi connectivity index (χ1) is 13.3. The number of thioether (sulfide) groups is 1. The molecule has 150 valence electrons. The van der Waals surface area contributed by atoms with Crippen LogP contribution in [-0.2, 0) is 25.5 Å². The Kier molecular flexibility index (Phi) is 5.94. The lowest BCUT2D eigenvalue weighted by Gasteiger charge is -2.49. The molecule has 2 atom stereocenters. The lowest BCUT2D eigenvalue weighted by Crippen LogP contribution is -2.70. The summed E-state index contributed by atoms with van der Waals surface area (Å²) in [6.07, 6.45) is -0.426. The molecule has 2 aliphatic rings. The van der Waals surface area contributed by atoms with Crippen LogP contribution in [-0.4, -0.2) is 76.7 Å². The van der Waals surface area contributed by atoms with Crippen molar-refractivity contribution in [2.75, 3.05) is 26.5 Å². The van der Waals surface area contributed by atoms with E-state index >= 15 is 0 Å². The molecule has 3 rings (SSSR count). The molecule has 9 nitrogen and oxygen atoms in total. The molecule has 0 bridgehead atoms. The number of ether oxygens (including phenoxy) is 1. The Labute approximate surface area is 169 Å². The van der Waals surface area contributed by atoms with Crippen LogP contribution in [0.1, 0.15) is 4.88 Å². The van der Waals surface area contributed by atoms with Crippen LogP contribution in [0.4, 0.5) is 4.79 Å². The highest BCUT2D eigenvalue weighted by atomic mass is 32.2. The standard InChI is InChI=1S/C17H19N3O6S2/c1-19(2)17(25)26-7-9-8-28-15-12(14(22)20(15)13(9)16(23)24)18-11(21)6-10-4-3-5-27-10/h3-5,12,15H,6-8H2,1-2H3,(H,18,21)(H,23,24)/t12?,15-/m0/s1. The van der Waals surface area contributed by atoms with Crippen LogP contribution in [0, 0.1) is 0 Å². The molecule has 0 aliphatic carbocycles. The van der Waals surface area contributed by atoms with Crippen LogP contribution < -0.4 is 5.32 Å². The number of rotatable bonds is 6. The fraction of sp³-hybridized carbons (Fsp3) is 0.412. The van der Waals surface area contributed by atoms with Gasteiger partial charge in [-0.05, 0) is 11.4 Å². The van der Waals surface area contributed by atoms with Gasteiger partial charge in [-0.15, -0.1) is 23.1 Å². The van der Waals surface area contributed by atoms with Crippen molar-refractivity contribution in [3.05, 3.63) is 33.7 Å². The maximum absolute atomic E-state index is 12.5. The first-order valence-electron chi connectivity index (χ1n) is 8.35. The summed E-state index contributed by atoms with van der Waals surface area (Å²) in [4.78, 5) is 51.3. The second-order valence-electron chi connectivity index (χ2n) is 6.42. The van der Waals surface area contributed by atoms with Crippen molar-refractivity contribution in [3.63, 3.8) is 0 Å². The predicted molar refractivity (Wildman–Crippen MR) is 103 cm³/mol. The van der Waals surface area contributed by atoms with E-state index in [1.807, 2.05) is 17.5 Å². The number of carbonyl (C=O) groups is 4. The maximum Gasteiger partial charge on any atom is 0.409 e. The highest BCUT2D eigenvalue weighted by Gasteiger charge is 2.54. The molecule has 3 heterocycles. The first-order valence-corrected chi connectivity index (χ1v) is 10.3. The number of hydrogen-bond donors (Lipinski definition) is 2. The van der Waals surface area contributed by atoms with E-state index < -0.39 is 29.4 Å². The van der Waals surface area contributed by atoms with Gasteiger partial charge in [0.2, 0.25) is 5.91 Å². The van der Waals surface area contributed by atoms with E-state index in [0.717, 1.165) is 9.78 Å². The number of β-lactam (4-membered cyclic amide) rings is 1. The summed E-state index contributed by atoms with van der Waals surface area (Å²) in [5, 5.41) is 13.6. The molecule has 1 aromatic rings. The van der Waals surface area contributed by atoms with Crippen molar-refractivity contribution in [1.82, 2.24) is 15.1 Å². The molecule has 1 fully saturated rings. The number of carboxylic acids is 1. The zero-order valence-corrected chi connectivity index (χ0v) is 16.8. The lowest BCUT2D eigenvalue weighted by molar-refractivity contribution is -0.150. The molecule has 3 amide bonds. The Balaban J connectivity index is 1.68. The molecule has 11 heteroatoms. The molecule has 0 spiro atoms. The second kappa shape index (κ2) is 8.23. The number of carbonyl (C=O) groups excluding carboxylic acids is 3. The fourth-order valence-electron chi connectivity index (χ4n) is 2.87. The molecule has 0 aromatic carbocycles. The largest absolute Gasteiger partial charge is 0.477 e. The summed E-state index contributed by atoms with van der Waals surface area (Å²) in [6.45, 7) is -0.211. The summed E-state index contributed by atoms with van der Waals surface area (Å²) in [6, 6.07) is 2.91. The molecule has 1 saturated heterocycles. The third-order valence-corrected chi connectivity index (χ3v) is 6.43. The van der Waals surface area contributed by atoms with Gasteiger partial charge in [0, 0.05) is 30.3 Å². The van der Waals surface area contributed by atoms with Crippen molar-refractivity contribution in [2.45, 2.75) is 17.8 Å². The smallest absolute Gasteiger partial charge is 0.409 e. The van der Waals surface area contributed by atoms with E-state index in [1.54, 1.807) is 0 Å². The van der Waals surface area contributed by atoms with Crippen molar-refractivity contribution < 1.29 is 29.0 Å². The van der Waals surface area contributed by atoms with E-state index in [1.165, 1.54) is 42.1 Å². The van der Waals surface area contributed by atoms with E-state index in [-0.39, 0.29) is 30.4 Å². The van der Waals surface area contributed by atoms with Crippen LogP contribution in [0.5, 0.6) is 0 Å². The van der Waals surface area contributed by atoms with Crippen LogP contribution >= 0.6 is 23.1 Å². The van der Waals surface area contributed by atoms with Crippen LogP contribution in [0.15, 0.2) is 28.8 Å². The maximum atomic E-state index is 12.5. The monoisotopic (exact) mass is 425 g/mol. The molecule has 2 aliphatic heterocycles. The molecule has 1 aromatic heterocycles. The van der Waals surface area contributed by atoms with Crippen molar-refractivity contribution in [1.29, 1.82) is 0 Å². The Hall–Kier alpha value is -2.53. The molecular weight excluding hydrogens is 406 g/mol. The summed E-state index contributed by atoms with van der Waals surface area (Å²) in [7, 11) is 3.03. The van der Waals surface area contributed by atoms with Gasteiger partial charge in [0.25, 0.3) is 5.91 Å². The van der Waals surface area contributed by atoms with Gasteiger partial charge in [-0.1, -0.05) is 6.07 Å². The zero-order chi connectivity index (χ0) is 20.4. The fourth-order valence-corrected chi connectivity index (χ4v) is 4.90. The van der Waals surface area contributed by atoms with Crippen LogP contribution in [0.2, 0.25) is 0 Å². The van der Waals surface area contributed by atoms with Gasteiger partial charge in [-0.2, -0.15) is 0 Å². The van der Waals surface area contributed by atoms with E-state index in [0.29, 0.717) is 5.57 Å². The van der Waals surface area contributed by atoms with Crippen molar-refractivity contribution >= 4 is 47.0 Å². The highest BCUT2D eigenvalue weighted by Crippen LogP contribution is 2.40. The van der Waals surface area contributed by atoms with Gasteiger partial charge >= 0.3 is 12.1 Å². The first kappa shape index (κ1) is 20.2. The number of aliphatic carboxylic acids is 1. The van der Waals surface area contributed by atoms with Gasteiger partial charge < -0.3 is 20.1 Å². The quantitative estimate of drug-likeness (QED) is 0.646. The molecular formula is C17H19N3O6S2. The number of amides is 3. The van der Waals surface area contributed by atoms with E-state index in [2.05, 4.69) is 5.32 Å². The van der Waals surface area contributed by atoms with Gasteiger partial charge in [-0.3, -0.25) is 14.5 Å². The third-order valence-electron chi connectivity index (χ3n) is 4.22. The Bertz CT molecular complexity index is 836.